The van der Waals surface area contributed by atoms with Crippen molar-refractivity contribution in [2.75, 3.05) is 19.0 Å². The van der Waals surface area contributed by atoms with E-state index < -0.39 is 0 Å². The smallest absolute Gasteiger partial charge is 0.307 e. The number of hydrogen-bond donors (Lipinski definition) is 1. The van der Waals surface area contributed by atoms with Crippen molar-refractivity contribution in [1.29, 1.82) is 0 Å². The Morgan fingerprint density at radius 2 is 2.24 bits per heavy atom. The number of ether oxygens (including phenoxy) is 1. The van der Waals surface area contributed by atoms with Crippen LogP contribution in [0.3, 0.4) is 0 Å². The molecule has 0 aliphatic heterocycles. The minimum absolute atomic E-state index is 0.226. The third-order valence-corrected chi connectivity index (χ3v) is 2.63. The van der Waals surface area contributed by atoms with Crippen LogP contribution in [0.5, 0.6) is 0 Å². The normalized spacial score (nSPS) is 10.5. The molecule has 2 aromatic rings. The highest BCUT2D eigenvalue weighted by Gasteiger charge is 2.07. The first-order valence-corrected chi connectivity index (χ1v) is 5.44. The van der Waals surface area contributed by atoms with Crippen molar-refractivity contribution in [3.63, 3.8) is 0 Å². The van der Waals surface area contributed by atoms with Crippen LogP contribution >= 0.6 is 0 Å². The third kappa shape index (κ3) is 2.38. The lowest BCUT2D eigenvalue weighted by Gasteiger charge is -2.04. The van der Waals surface area contributed by atoms with Crippen LogP contribution in [-0.4, -0.2) is 29.2 Å². The number of aromatic nitrogens is 2. The molecule has 0 saturated carbocycles. The first-order valence-electron chi connectivity index (χ1n) is 5.44. The van der Waals surface area contributed by atoms with Crippen LogP contribution in [0.15, 0.2) is 24.3 Å². The Labute approximate surface area is 99.4 Å². The quantitative estimate of drug-likeness (QED) is 0.814. The van der Waals surface area contributed by atoms with E-state index in [1.54, 1.807) is 0 Å². The Kier molecular flexibility index (Phi) is 3.27. The van der Waals surface area contributed by atoms with E-state index in [0.717, 1.165) is 17.0 Å². The van der Waals surface area contributed by atoms with Crippen LogP contribution in [0, 0.1) is 0 Å². The maximum absolute atomic E-state index is 11.0. The maximum Gasteiger partial charge on any atom is 0.307 e. The molecule has 0 atom stereocenters. The number of esters is 1. The van der Waals surface area contributed by atoms with Crippen molar-refractivity contribution in [2.45, 2.75) is 6.42 Å². The number of hydrogen-bond acceptors (Lipinski definition) is 4. The van der Waals surface area contributed by atoms with Crippen LogP contribution in [-0.2, 0) is 16.6 Å². The van der Waals surface area contributed by atoms with Gasteiger partial charge in [-0.25, -0.2) is 4.98 Å². The number of rotatable bonds is 4. The first-order chi connectivity index (χ1) is 8.22. The van der Waals surface area contributed by atoms with Gasteiger partial charge in [-0.3, -0.25) is 4.79 Å². The molecule has 5 nitrogen and oxygen atoms in total. The molecule has 5 heteroatoms. The van der Waals surface area contributed by atoms with E-state index in [9.17, 15) is 4.79 Å². The van der Waals surface area contributed by atoms with Gasteiger partial charge in [0.15, 0.2) is 0 Å². The van der Waals surface area contributed by atoms with E-state index in [0.29, 0.717) is 13.0 Å². The second-order valence-electron chi connectivity index (χ2n) is 3.74. The SMILES string of the molecule is COC(=O)CCNc1nc2ccccc2n1C. The van der Waals surface area contributed by atoms with Crippen molar-refractivity contribution in [3.8, 4) is 0 Å². The molecule has 0 amide bonds. The number of benzene rings is 1. The van der Waals surface area contributed by atoms with E-state index in [4.69, 9.17) is 0 Å². The van der Waals surface area contributed by atoms with Gasteiger partial charge in [-0.2, -0.15) is 0 Å². The van der Waals surface area contributed by atoms with Gasteiger partial charge in [-0.05, 0) is 12.1 Å². The summed E-state index contributed by atoms with van der Waals surface area (Å²) in [6, 6.07) is 7.89. The average Bonchev–Trinajstić information content (AvgIpc) is 2.67. The number of fused-ring (bicyclic) bond motifs is 1. The minimum atomic E-state index is -0.226. The molecule has 0 fully saturated rings. The Bertz CT molecular complexity index is 534. The zero-order valence-corrected chi connectivity index (χ0v) is 9.93. The Morgan fingerprint density at radius 3 is 2.94 bits per heavy atom. The summed E-state index contributed by atoms with van der Waals surface area (Å²) in [7, 11) is 3.33. The van der Waals surface area contributed by atoms with Gasteiger partial charge in [-0.15, -0.1) is 0 Å². The number of aryl methyl sites for hydroxylation is 1. The third-order valence-electron chi connectivity index (χ3n) is 2.63. The largest absolute Gasteiger partial charge is 0.469 e. The standard InChI is InChI=1S/C12H15N3O2/c1-15-10-6-4-3-5-9(10)14-12(15)13-8-7-11(16)17-2/h3-6H,7-8H2,1-2H3,(H,13,14). The number of nitrogens with one attached hydrogen (secondary N) is 1. The Morgan fingerprint density at radius 1 is 1.47 bits per heavy atom. The van der Waals surface area contributed by atoms with Crippen LogP contribution in [0.2, 0.25) is 0 Å². The lowest BCUT2D eigenvalue weighted by molar-refractivity contribution is -0.140. The molecule has 0 unspecified atom stereocenters. The predicted octanol–water partition coefficient (Wildman–Crippen LogP) is 1.55. The summed E-state index contributed by atoms with van der Waals surface area (Å²) in [5.41, 5.74) is 2.00. The fourth-order valence-electron chi connectivity index (χ4n) is 1.68. The van der Waals surface area contributed by atoms with Gasteiger partial charge < -0.3 is 14.6 Å². The molecule has 0 aliphatic rings. The minimum Gasteiger partial charge on any atom is -0.469 e. The first kappa shape index (κ1) is 11.4. The Hall–Kier alpha value is -2.04. The van der Waals surface area contributed by atoms with Gasteiger partial charge >= 0.3 is 5.97 Å². The number of para-hydroxylation sites is 2. The molecule has 2 rings (SSSR count). The van der Waals surface area contributed by atoms with Crippen LogP contribution in [0.25, 0.3) is 11.0 Å². The summed E-state index contributed by atoms with van der Waals surface area (Å²) >= 11 is 0. The summed E-state index contributed by atoms with van der Waals surface area (Å²) in [6.07, 6.45) is 0.333. The lowest BCUT2D eigenvalue weighted by Crippen LogP contribution is -2.12. The van der Waals surface area contributed by atoms with Crippen molar-refractivity contribution in [1.82, 2.24) is 9.55 Å². The molecular formula is C12H15N3O2. The number of nitrogens with zero attached hydrogens (tertiary/aromatic N) is 2. The zero-order valence-electron chi connectivity index (χ0n) is 9.93. The zero-order chi connectivity index (χ0) is 12.3. The summed E-state index contributed by atoms with van der Waals surface area (Å²) in [6.45, 7) is 0.518. The van der Waals surface area contributed by atoms with E-state index in [2.05, 4.69) is 15.0 Å². The molecule has 0 spiro atoms. The number of imidazole rings is 1. The molecule has 0 saturated heterocycles. The molecule has 0 radical (unpaired) electrons. The predicted molar refractivity (Wildman–Crippen MR) is 65.8 cm³/mol. The van der Waals surface area contributed by atoms with E-state index in [-0.39, 0.29) is 5.97 Å². The van der Waals surface area contributed by atoms with Crippen LogP contribution in [0.4, 0.5) is 5.95 Å². The monoisotopic (exact) mass is 233 g/mol. The van der Waals surface area contributed by atoms with Gasteiger partial charge in [0.25, 0.3) is 0 Å². The van der Waals surface area contributed by atoms with Crippen LogP contribution < -0.4 is 5.32 Å². The van der Waals surface area contributed by atoms with Crippen molar-refractivity contribution < 1.29 is 9.53 Å². The molecule has 17 heavy (non-hydrogen) atoms. The number of carbonyl (C=O) groups is 1. The van der Waals surface area contributed by atoms with Crippen molar-refractivity contribution in [2.24, 2.45) is 7.05 Å². The molecule has 1 N–H and O–H groups in total. The maximum atomic E-state index is 11.0. The van der Waals surface area contributed by atoms with Gasteiger partial charge in [0.05, 0.1) is 24.6 Å². The summed E-state index contributed by atoms with van der Waals surface area (Å²) in [5.74, 6) is 0.534. The Balaban J connectivity index is 2.09. The molecule has 1 heterocycles. The number of methoxy groups -OCH3 is 1. The summed E-state index contributed by atoms with van der Waals surface area (Å²) in [5, 5.41) is 3.12. The molecule has 0 aliphatic carbocycles. The highest BCUT2D eigenvalue weighted by atomic mass is 16.5. The highest BCUT2D eigenvalue weighted by Crippen LogP contribution is 2.17. The molecule has 1 aromatic carbocycles. The molecule has 1 aromatic heterocycles. The molecule has 90 valence electrons. The second kappa shape index (κ2) is 4.86. The lowest BCUT2D eigenvalue weighted by atomic mass is 10.3. The fourth-order valence-corrected chi connectivity index (χ4v) is 1.68. The van der Waals surface area contributed by atoms with Gasteiger partial charge in [0, 0.05) is 13.6 Å². The van der Waals surface area contributed by atoms with E-state index in [1.165, 1.54) is 7.11 Å². The summed E-state index contributed by atoms with van der Waals surface area (Å²) < 4.78 is 6.54. The van der Waals surface area contributed by atoms with E-state index in [1.807, 2.05) is 35.9 Å². The second-order valence-corrected chi connectivity index (χ2v) is 3.74. The molecule has 0 bridgehead atoms. The van der Waals surface area contributed by atoms with Gasteiger partial charge in [-0.1, -0.05) is 12.1 Å². The van der Waals surface area contributed by atoms with Crippen molar-refractivity contribution in [3.05, 3.63) is 24.3 Å². The van der Waals surface area contributed by atoms with E-state index >= 15 is 0 Å². The number of carbonyl (C=O) groups excluding carboxylic acids is 1. The summed E-state index contributed by atoms with van der Waals surface area (Å²) in [4.78, 5) is 15.4. The topological polar surface area (TPSA) is 56.1 Å². The average molecular weight is 233 g/mol. The van der Waals surface area contributed by atoms with Crippen molar-refractivity contribution >= 4 is 23.0 Å². The van der Waals surface area contributed by atoms with Gasteiger partial charge in [0.1, 0.15) is 0 Å². The number of anilines is 1. The van der Waals surface area contributed by atoms with Crippen LogP contribution in [0.1, 0.15) is 6.42 Å². The fraction of sp³-hybridized carbons (Fsp3) is 0.333. The molecular weight excluding hydrogens is 218 g/mol. The van der Waals surface area contributed by atoms with Gasteiger partial charge in [0.2, 0.25) is 5.95 Å². The highest BCUT2D eigenvalue weighted by molar-refractivity contribution is 5.78.